The SMILES string of the molecule is OC1(Cn2ccnn2)CCCN(Cc2nnc(C3CC3)n2C2CC2)C1. The molecular formula is C17H25N7O. The summed E-state index contributed by atoms with van der Waals surface area (Å²) in [5.41, 5.74) is -0.754. The molecule has 1 aliphatic heterocycles. The van der Waals surface area contributed by atoms with Gasteiger partial charge in [-0.3, -0.25) is 4.90 Å². The third kappa shape index (κ3) is 3.20. The van der Waals surface area contributed by atoms with E-state index in [1.165, 1.54) is 31.5 Å². The summed E-state index contributed by atoms with van der Waals surface area (Å²) in [5, 5.41) is 27.9. The van der Waals surface area contributed by atoms with Gasteiger partial charge in [-0.25, -0.2) is 4.68 Å². The van der Waals surface area contributed by atoms with Crippen LogP contribution in [0.3, 0.4) is 0 Å². The lowest BCUT2D eigenvalue weighted by Crippen LogP contribution is -2.50. The van der Waals surface area contributed by atoms with Crippen LogP contribution in [0, 0.1) is 0 Å². The maximum Gasteiger partial charge on any atom is 0.147 e. The summed E-state index contributed by atoms with van der Waals surface area (Å²) in [6.07, 6.45) is 10.3. The maximum absolute atomic E-state index is 11.0. The molecule has 3 aliphatic rings. The van der Waals surface area contributed by atoms with E-state index < -0.39 is 5.60 Å². The molecule has 8 heteroatoms. The monoisotopic (exact) mass is 343 g/mol. The second-order valence-corrected chi connectivity index (χ2v) is 7.99. The van der Waals surface area contributed by atoms with Crippen LogP contribution in [0.4, 0.5) is 0 Å². The van der Waals surface area contributed by atoms with Crippen molar-refractivity contribution in [2.75, 3.05) is 13.1 Å². The van der Waals surface area contributed by atoms with Crippen LogP contribution in [-0.4, -0.2) is 58.5 Å². The molecule has 3 heterocycles. The summed E-state index contributed by atoms with van der Waals surface area (Å²) in [7, 11) is 0. The molecular weight excluding hydrogens is 318 g/mol. The Morgan fingerprint density at radius 2 is 2.08 bits per heavy atom. The van der Waals surface area contributed by atoms with Gasteiger partial charge in [-0.1, -0.05) is 5.21 Å². The second-order valence-electron chi connectivity index (χ2n) is 7.99. The number of β-amino-alcohol motifs (C(OH)–C–C–N with tert-alkyl or cyclic N) is 1. The number of piperidine rings is 1. The summed E-state index contributed by atoms with van der Waals surface area (Å²) in [6, 6.07) is 0.611. The average molecular weight is 343 g/mol. The predicted molar refractivity (Wildman–Crippen MR) is 89.8 cm³/mol. The first-order valence-electron chi connectivity index (χ1n) is 9.43. The largest absolute Gasteiger partial charge is 0.387 e. The Hall–Kier alpha value is -1.80. The first-order chi connectivity index (χ1) is 12.2. The van der Waals surface area contributed by atoms with Gasteiger partial charge in [-0.05, 0) is 45.1 Å². The molecule has 2 aromatic heterocycles. The molecule has 2 aliphatic carbocycles. The van der Waals surface area contributed by atoms with Gasteiger partial charge in [-0.15, -0.1) is 15.3 Å². The Morgan fingerprint density at radius 1 is 1.20 bits per heavy atom. The lowest BCUT2D eigenvalue weighted by molar-refractivity contribution is -0.0486. The first kappa shape index (κ1) is 15.5. The van der Waals surface area contributed by atoms with E-state index in [-0.39, 0.29) is 0 Å². The minimum absolute atomic E-state index is 0.492. The highest BCUT2D eigenvalue weighted by atomic mass is 16.3. The van der Waals surface area contributed by atoms with Gasteiger partial charge >= 0.3 is 0 Å². The summed E-state index contributed by atoms with van der Waals surface area (Å²) in [4.78, 5) is 2.32. The number of aromatic nitrogens is 6. The number of hydrogen-bond acceptors (Lipinski definition) is 6. The van der Waals surface area contributed by atoms with Gasteiger partial charge < -0.3 is 9.67 Å². The molecule has 25 heavy (non-hydrogen) atoms. The molecule has 0 aromatic carbocycles. The number of nitrogens with zero attached hydrogens (tertiary/aromatic N) is 7. The van der Waals surface area contributed by atoms with E-state index in [9.17, 15) is 5.11 Å². The normalized spacial score (nSPS) is 27.7. The molecule has 1 N–H and O–H groups in total. The minimum Gasteiger partial charge on any atom is -0.387 e. The van der Waals surface area contributed by atoms with Gasteiger partial charge in [0, 0.05) is 24.7 Å². The molecule has 0 bridgehead atoms. The van der Waals surface area contributed by atoms with Gasteiger partial charge in [0.15, 0.2) is 0 Å². The summed E-state index contributed by atoms with van der Waals surface area (Å²) < 4.78 is 4.13. The Morgan fingerprint density at radius 3 is 2.80 bits per heavy atom. The van der Waals surface area contributed by atoms with E-state index in [4.69, 9.17) is 0 Å². The predicted octanol–water partition coefficient (Wildman–Crippen LogP) is 1.11. The lowest BCUT2D eigenvalue weighted by Gasteiger charge is -2.38. The molecule has 0 radical (unpaired) electrons. The van der Waals surface area contributed by atoms with Gasteiger partial charge in [0.2, 0.25) is 0 Å². The van der Waals surface area contributed by atoms with Crippen molar-refractivity contribution >= 4 is 0 Å². The highest BCUT2D eigenvalue weighted by Crippen LogP contribution is 2.44. The van der Waals surface area contributed by atoms with Crippen LogP contribution in [0.15, 0.2) is 12.4 Å². The van der Waals surface area contributed by atoms with Crippen molar-refractivity contribution in [3.63, 3.8) is 0 Å². The van der Waals surface area contributed by atoms with Crippen LogP contribution in [0.5, 0.6) is 0 Å². The zero-order valence-electron chi connectivity index (χ0n) is 14.5. The first-order valence-corrected chi connectivity index (χ1v) is 9.43. The average Bonchev–Trinajstić information content (AvgIpc) is 3.51. The molecule has 0 spiro atoms. The van der Waals surface area contributed by atoms with Gasteiger partial charge in [0.05, 0.1) is 24.9 Å². The van der Waals surface area contributed by atoms with E-state index in [1.54, 1.807) is 10.9 Å². The summed E-state index contributed by atoms with van der Waals surface area (Å²) in [6.45, 7) is 2.90. The summed E-state index contributed by atoms with van der Waals surface area (Å²) >= 11 is 0. The van der Waals surface area contributed by atoms with Crippen molar-refractivity contribution in [2.45, 2.75) is 69.2 Å². The Balaban J connectivity index is 1.31. The lowest BCUT2D eigenvalue weighted by atomic mass is 9.93. The number of hydrogen-bond donors (Lipinski definition) is 1. The van der Waals surface area contributed by atoms with Crippen LogP contribution in [0.1, 0.15) is 62.1 Å². The van der Waals surface area contributed by atoms with E-state index in [0.29, 0.717) is 25.0 Å². The van der Waals surface area contributed by atoms with Crippen molar-refractivity contribution in [3.8, 4) is 0 Å². The second kappa shape index (κ2) is 5.88. The van der Waals surface area contributed by atoms with Crippen LogP contribution in [0.25, 0.3) is 0 Å². The van der Waals surface area contributed by atoms with Gasteiger partial charge in [0.1, 0.15) is 11.6 Å². The van der Waals surface area contributed by atoms with Crippen LogP contribution >= 0.6 is 0 Å². The fourth-order valence-electron chi connectivity index (χ4n) is 4.08. The van der Waals surface area contributed by atoms with Crippen molar-refractivity contribution in [3.05, 3.63) is 24.0 Å². The highest BCUT2D eigenvalue weighted by molar-refractivity contribution is 5.12. The standard InChI is InChI=1S/C17H25N7O/c25-17(12-23-9-7-18-21-23)6-1-8-22(11-17)10-15-19-20-16(13-2-3-13)24(15)14-4-5-14/h7,9,13-14,25H,1-6,8,10-12H2. The molecule has 1 saturated heterocycles. The van der Waals surface area contributed by atoms with Crippen LogP contribution in [-0.2, 0) is 13.1 Å². The summed E-state index contributed by atoms with van der Waals surface area (Å²) in [5.74, 6) is 2.91. The van der Waals surface area contributed by atoms with Crippen molar-refractivity contribution in [1.29, 1.82) is 0 Å². The molecule has 0 amide bonds. The van der Waals surface area contributed by atoms with Gasteiger partial charge in [-0.2, -0.15) is 0 Å². The van der Waals surface area contributed by atoms with E-state index in [1.807, 2.05) is 6.20 Å². The third-order valence-corrected chi connectivity index (χ3v) is 5.57. The smallest absolute Gasteiger partial charge is 0.147 e. The quantitative estimate of drug-likeness (QED) is 0.846. The molecule has 2 aromatic rings. The molecule has 8 nitrogen and oxygen atoms in total. The van der Waals surface area contributed by atoms with E-state index in [2.05, 4.69) is 30.0 Å². The number of likely N-dealkylation sites (tertiary alicyclic amines) is 1. The van der Waals surface area contributed by atoms with Crippen molar-refractivity contribution in [1.82, 2.24) is 34.7 Å². The van der Waals surface area contributed by atoms with Crippen molar-refractivity contribution in [2.24, 2.45) is 0 Å². The molecule has 5 rings (SSSR count). The van der Waals surface area contributed by atoms with Crippen molar-refractivity contribution < 1.29 is 5.11 Å². The Kier molecular flexibility index (Phi) is 3.63. The molecule has 2 saturated carbocycles. The van der Waals surface area contributed by atoms with E-state index >= 15 is 0 Å². The fraction of sp³-hybridized carbons (Fsp3) is 0.765. The third-order valence-electron chi connectivity index (χ3n) is 5.57. The number of aliphatic hydroxyl groups is 1. The Bertz CT molecular complexity index is 734. The van der Waals surface area contributed by atoms with Crippen LogP contribution < -0.4 is 0 Å². The van der Waals surface area contributed by atoms with E-state index in [0.717, 1.165) is 31.8 Å². The zero-order chi connectivity index (χ0) is 16.9. The van der Waals surface area contributed by atoms with Gasteiger partial charge in [0.25, 0.3) is 0 Å². The topological polar surface area (TPSA) is 84.9 Å². The number of rotatable bonds is 6. The molecule has 1 atom stereocenters. The van der Waals surface area contributed by atoms with Crippen LogP contribution in [0.2, 0.25) is 0 Å². The molecule has 134 valence electrons. The Labute approximate surface area is 146 Å². The fourth-order valence-corrected chi connectivity index (χ4v) is 4.08. The maximum atomic E-state index is 11.0. The highest BCUT2D eigenvalue weighted by Gasteiger charge is 2.38. The minimum atomic E-state index is -0.754. The molecule has 1 unspecified atom stereocenters. The molecule has 3 fully saturated rings. The zero-order valence-corrected chi connectivity index (χ0v) is 14.5.